The molecule has 0 radical (unpaired) electrons. The number of thiophene rings is 2. The topological polar surface area (TPSA) is 55.2 Å². The van der Waals surface area contributed by atoms with Gasteiger partial charge in [0.2, 0.25) is 5.91 Å². The summed E-state index contributed by atoms with van der Waals surface area (Å²) >= 11 is 3.07. The van der Waals surface area contributed by atoms with Crippen LogP contribution in [0.15, 0.2) is 64.3 Å². The molecule has 4 aromatic rings. The van der Waals surface area contributed by atoms with Gasteiger partial charge in [0.1, 0.15) is 11.4 Å². The zero-order chi connectivity index (χ0) is 21.2. The third-order valence-electron chi connectivity index (χ3n) is 5.96. The van der Waals surface area contributed by atoms with Crippen LogP contribution in [0.3, 0.4) is 0 Å². The Morgan fingerprint density at radius 1 is 1.13 bits per heavy atom. The number of hydrogen-bond donors (Lipinski definition) is 0. The van der Waals surface area contributed by atoms with Gasteiger partial charge in [0.05, 0.1) is 11.7 Å². The second-order valence-corrected chi connectivity index (χ2v) is 9.70. The van der Waals surface area contributed by atoms with Crippen molar-refractivity contribution < 1.29 is 4.79 Å². The average molecular weight is 450 g/mol. The van der Waals surface area contributed by atoms with Crippen LogP contribution in [0.25, 0.3) is 20.7 Å². The number of aryl methyl sites for hydroxylation is 1. The molecule has 0 spiro atoms. The number of carbonyl (C=O) groups is 1. The highest BCUT2D eigenvalue weighted by atomic mass is 32.1. The second kappa shape index (κ2) is 8.77. The van der Waals surface area contributed by atoms with E-state index in [9.17, 15) is 9.59 Å². The summed E-state index contributed by atoms with van der Waals surface area (Å²) in [5.74, 6) is 0.00622. The van der Waals surface area contributed by atoms with Gasteiger partial charge in [-0.05, 0) is 42.7 Å². The summed E-state index contributed by atoms with van der Waals surface area (Å²) in [7, 11) is 0. The number of nitrogens with zero attached hydrogens (tertiary/aromatic N) is 3. The number of carbonyl (C=O) groups excluding carboxylic acids is 1. The van der Waals surface area contributed by atoms with Crippen LogP contribution < -0.4 is 5.56 Å². The minimum absolute atomic E-state index is 0.00622. The van der Waals surface area contributed by atoms with Crippen molar-refractivity contribution in [1.82, 2.24) is 14.5 Å². The molecule has 0 aliphatic carbocycles. The highest BCUT2D eigenvalue weighted by molar-refractivity contribution is 7.18. The quantitative estimate of drug-likeness (QED) is 0.424. The molecule has 158 valence electrons. The van der Waals surface area contributed by atoms with Crippen molar-refractivity contribution in [3.8, 4) is 10.4 Å². The van der Waals surface area contributed by atoms with E-state index in [0.717, 1.165) is 47.5 Å². The van der Waals surface area contributed by atoms with Gasteiger partial charge in [-0.15, -0.1) is 22.7 Å². The highest BCUT2D eigenvalue weighted by Gasteiger charge is 2.28. The summed E-state index contributed by atoms with van der Waals surface area (Å²) in [4.78, 5) is 34.5. The van der Waals surface area contributed by atoms with Crippen molar-refractivity contribution in [3.05, 3.63) is 75.5 Å². The van der Waals surface area contributed by atoms with Gasteiger partial charge < -0.3 is 4.90 Å². The third kappa shape index (κ3) is 4.07. The molecule has 7 heteroatoms. The van der Waals surface area contributed by atoms with Gasteiger partial charge in [0.15, 0.2) is 0 Å². The maximum absolute atomic E-state index is 13.2. The number of rotatable bonds is 6. The lowest BCUT2D eigenvalue weighted by Crippen LogP contribution is -2.39. The zero-order valence-electron chi connectivity index (χ0n) is 17.1. The van der Waals surface area contributed by atoms with E-state index in [1.54, 1.807) is 11.3 Å². The lowest BCUT2D eigenvalue weighted by molar-refractivity contribution is -0.132. The first-order chi connectivity index (χ1) is 15.2. The summed E-state index contributed by atoms with van der Waals surface area (Å²) in [5.41, 5.74) is 2.07. The van der Waals surface area contributed by atoms with E-state index in [4.69, 9.17) is 0 Å². The Kier molecular flexibility index (Phi) is 5.70. The number of amides is 1. The standard InChI is InChI=1S/C24H23N3O2S2/c28-21(27-12-4-8-18(27)11-10-17-6-2-1-3-7-17)14-26-16-25-23-22(24(26)29)19(15-31-23)20-9-5-13-30-20/h1-3,5-7,9,13,15-16,18H,4,8,10-12,14H2. The van der Waals surface area contributed by atoms with Crippen molar-refractivity contribution in [3.63, 3.8) is 0 Å². The van der Waals surface area contributed by atoms with Crippen molar-refractivity contribution >= 4 is 38.8 Å². The first-order valence-corrected chi connectivity index (χ1v) is 12.3. The van der Waals surface area contributed by atoms with Crippen LogP contribution in [0.5, 0.6) is 0 Å². The van der Waals surface area contributed by atoms with Crippen molar-refractivity contribution in [2.24, 2.45) is 0 Å². The summed E-state index contributed by atoms with van der Waals surface area (Å²) in [6, 6.07) is 14.6. The highest BCUT2D eigenvalue weighted by Crippen LogP contribution is 2.33. The largest absolute Gasteiger partial charge is 0.338 e. The number of benzene rings is 1. The molecule has 4 heterocycles. The monoisotopic (exact) mass is 449 g/mol. The average Bonchev–Trinajstić information content (AvgIpc) is 3.55. The Morgan fingerprint density at radius 3 is 2.81 bits per heavy atom. The molecule has 31 heavy (non-hydrogen) atoms. The minimum Gasteiger partial charge on any atom is -0.338 e. The second-order valence-electron chi connectivity index (χ2n) is 7.89. The first-order valence-electron chi connectivity index (χ1n) is 10.5. The van der Waals surface area contributed by atoms with E-state index >= 15 is 0 Å². The molecule has 1 saturated heterocycles. The number of hydrogen-bond acceptors (Lipinski definition) is 5. The van der Waals surface area contributed by atoms with Crippen LogP contribution in [-0.2, 0) is 17.8 Å². The molecule has 0 N–H and O–H groups in total. The summed E-state index contributed by atoms with van der Waals surface area (Å²) in [6.45, 7) is 0.810. The molecule has 3 aromatic heterocycles. The smallest absolute Gasteiger partial charge is 0.263 e. The van der Waals surface area contributed by atoms with Gasteiger partial charge in [0, 0.05) is 28.4 Å². The lowest BCUT2D eigenvalue weighted by Gasteiger charge is -2.25. The molecule has 1 aliphatic rings. The van der Waals surface area contributed by atoms with Gasteiger partial charge >= 0.3 is 0 Å². The van der Waals surface area contributed by atoms with E-state index in [1.807, 2.05) is 33.9 Å². The molecule has 1 unspecified atom stereocenters. The molecule has 0 bridgehead atoms. The third-order valence-corrected chi connectivity index (χ3v) is 7.75. The van der Waals surface area contributed by atoms with Crippen LogP contribution in [-0.4, -0.2) is 32.9 Å². The zero-order valence-corrected chi connectivity index (χ0v) is 18.7. The number of likely N-dealkylation sites (tertiary alicyclic amines) is 1. The van der Waals surface area contributed by atoms with Gasteiger partial charge in [-0.3, -0.25) is 14.2 Å². The minimum atomic E-state index is -0.136. The first kappa shape index (κ1) is 20.2. The molecule has 0 saturated carbocycles. The van der Waals surface area contributed by atoms with E-state index in [0.29, 0.717) is 5.39 Å². The van der Waals surface area contributed by atoms with Crippen LogP contribution in [0.2, 0.25) is 0 Å². The van der Waals surface area contributed by atoms with Crippen molar-refractivity contribution in [1.29, 1.82) is 0 Å². The maximum atomic E-state index is 13.2. The number of fused-ring (bicyclic) bond motifs is 1. The summed E-state index contributed by atoms with van der Waals surface area (Å²) in [6.07, 6.45) is 5.48. The fourth-order valence-corrected chi connectivity index (χ4v) is 6.09. The van der Waals surface area contributed by atoms with Crippen LogP contribution in [0.1, 0.15) is 24.8 Å². The lowest BCUT2D eigenvalue weighted by atomic mass is 10.0. The molecule has 1 amide bonds. The molecule has 5 rings (SSSR count). The fourth-order valence-electron chi connectivity index (χ4n) is 4.37. The molecular weight excluding hydrogens is 426 g/mol. The van der Waals surface area contributed by atoms with Gasteiger partial charge in [-0.2, -0.15) is 0 Å². The molecular formula is C24H23N3O2S2. The van der Waals surface area contributed by atoms with Crippen molar-refractivity contribution in [2.75, 3.05) is 6.54 Å². The van der Waals surface area contributed by atoms with E-state index in [-0.39, 0.29) is 24.1 Å². The van der Waals surface area contributed by atoms with E-state index in [1.165, 1.54) is 27.8 Å². The van der Waals surface area contributed by atoms with E-state index in [2.05, 4.69) is 29.2 Å². The van der Waals surface area contributed by atoms with Crippen molar-refractivity contribution in [2.45, 2.75) is 38.3 Å². The van der Waals surface area contributed by atoms with Gasteiger partial charge in [-0.1, -0.05) is 36.4 Å². The molecule has 1 fully saturated rings. The predicted molar refractivity (Wildman–Crippen MR) is 127 cm³/mol. The number of aromatic nitrogens is 2. The molecule has 1 aliphatic heterocycles. The summed E-state index contributed by atoms with van der Waals surface area (Å²) in [5, 5.41) is 4.60. The van der Waals surface area contributed by atoms with E-state index < -0.39 is 0 Å². The van der Waals surface area contributed by atoms with Gasteiger partial charge in [0.25, 0.3) is 5.56 Å². The normalized spacial score (nSPS) is 16.3. The van der Waals surface area contributed by atoms with Crippen LogP contribution in [0, 0.1) is 0 Å². The Balaban J connectivity index is 1.34. The van der Waals surface area contributed by atoms with Crippen LogP contribution in [0.4, 0.5) is 0 Å². The predicted octanol–water partition coefficient (Wildman–Crippen LogP) is 4.81. The Bertz CT molecular complexity index is 1250. The molecule has 1 aromatic carbocycles. The summed E-state index contributed by atoms with van der Waals surface area (Å²) < 4.78 is 1.47. The van der Waals surface area contributed by atoms with Crippen LogP contribution >= 0.6 is 22.7 Å². The SMILES string of the molecule is O=C(Cn1cnc2scc(-c3cccs3)c2c1=O)N1CCCC1CCc1ccccc1. The maximum Gasteiger partial charge on any atom is 0.263 e. The molecule has 5 nitrogen and oxygen atoms in total. The Hall–Kier alpha value is -2.77. The Morgan fingerprint density at radius 2 is 2.00 bits per heavy atom. The van der Waals surface area contributed by atoms with Gasteiger partial charge in [-0.25, -0.2) is 4.98 Å². The molecule has 1 atom stereocenters. The fraction of sp³-hybridized carbons (Fsp3) is 0.292. The Labute approximate surface area is 188 Å².